The zero-order chi connectivity index (χ0) is 21.0. The van der Waals surface area contributed by atoms with Crippen LogP contribution in [0.4, 0.5) is 4.79 Å². The van der Waals surface area contributed by atoms with Crippen molar-refractivity contribution < 1.29 is 19.1 Å². The lowest BCUT2D eigenvalue weighted by Crippen LogP contribution is -2.40. The molecule has 0 spiro atoms. The zero-order valence-corrected chi connectivity index (χ0v) is 18.0. The van der Waals surface area contributed by atoms with Crippen molar-refractivity contribution in [1.82, 2.24) is 24.9 Å². The van der Waals surface area contributed by atoms with Gasteiger partial charge in [0.15, 0.2) is 5.69 Å². The molecule has 3 heterocycles. The van der Waals surface area contributed by atoms with E-state index in [1.165, 1.54) is 0 Å². The average molecular weight is 408 g/mol. The lowest BCUT2D eigenvalue weighted by atomic mass is 10.0. The van der Waals surface area contributed by atoms with E-state index in [1.807, 2.05) is 27.8 Å². The maximum absolute atomic E-state index is 12.7. The van der Waals surface area contributed by atoms with Crippen LogP contribution in [-0.2, 0) is 29.5 Å². The predicted molar refractivity (Wildman–Crippen MR) is 108 cm³/mol. The molecule has 0 aliphatic carbocycles. The fourth-order valence-corrected chi connectivity index (χ4v) is 3.67. The molecule has 0 unspecified atom stereocenters. The first-order valence-electron chi connectivity index (χ1n) is 10.4. The molecule has 162 valence electrons. The molecule has 0 radical (unpaired) electrons. The molecule has 2 aliphatic heterocycles. The van der Waals surface area contributed by atoms with Crippen LogP contribution < -0.4 is 5.32 Å². The van der Waals surface area contributed by atoms with E-state index in [0.29, 0.717) is 31.7 Å². The molecule has 2 amide bonds. The van der Waals surface area contributed by atoms with Crippen LogP contribution >= 0.6 is 0 Å². The number of fused-ring (bicyclic) bond motifs is 1. The van der Waals surface area contributed by atoms with E-state index in [0.717, 1.165) is 50.5 Å². The van der Waals surface area contributed by atoms with Gasteiger partial charge in [-0.3, -0.25) is 14.4 Å². The first-order valence-corrected chi connectivity index (χ1v) is 10.4. The Morgan fingerprint density at radius 2 is 1.93 bits per heavy atom. The minimum absolute atomic E-state index is 0.185. The minimum atomic E-state index is -0.549. The smallest absolute Gasteiger partial charge is 0.410 e. The number of aryl methyl sites for hydroxylation is 1. The van der Waals surface area contributed by atoms with E-state index in [4.69, 9.17) is 9.47 Å². The maximum atomic E-state index is 12.7. The summed E-state index contributed by atoms with van der Waals surface area (Å²) in [7, 11) is 1.84. The van der Waals surface area contributed by atoms with Crippen molar-refractivity contribution in [3.63, 3.8) is 0 Å². The molecule has 9 nitrogen and oxygen atoms in total. The van der Waals surface area contributed by atoms with Gasteiger partial charge in [0.1, 0.15) is 5.60 Å². The van der Waals surface area contributed by atoms with Crippen molar-refractivity contribution in [3.8, 4) is 0 Å². The van der Waals surface area contributed by atoms with Crippen LogP contribution in [0.25, 0.3) is 0 Å². The van der Waals surface area contributed by atoms with E-state index in [2.05, 4.69) is 15.3 Å². The normalized spacial score (nSPS) is 17.7. The summed E-state index contributed by atoms with van der Waals surface area (Å²) in [6, 6.07) is 0. The minimum Gasteiger partial charge on any atom is -0.444 e. The molecule has 0 atom stereocenters. The van der Waals surface area contributed by atoms with Crippen molar-refractivity contribution in [2.75, 3.05) is 45.9 Å². The van der Waals surface area contributed by atoms with Crippen LogP contribution in [0.3, 0.4) is 0 Å². The summed E-state index contributed by atoms with van der Waals surface area (Å²) in [6.45, 7) is 11.4. The summed E-state index contributed by atoms with van der Waals surface area (Å²) in [6.07, 6.45) is 1.18. The number of carbonyl (C=O) groups is 2. The lowest BCUT2D eigenvalue weighted by molar-refractivity contribution is 0.0221. The molecule has 2 aliphatic rings. The number of carbonyl (C=O) groups excluding carboxylic acids is 2. The van der Waals surface area contributed by atoms with Crippen LogP contribution in [0.2, 0.25) is 0 Å². The second-order valence-corrected chi connectivity index (χ2v) is 8.61. The predicted octanol–water partition coefficient (Wildman–Crippen LogP) is 1.17. The maximum Gasteiger partial charge on any atom is 0.410 e. The molecule has 0 bridgehead atoms. The van der Waals surface area contributed by atoms with Crippen LogP contribution in [0, 0.1) is 0 Å². The Kier molecular flexibility index (Phi) is 6.79. The van der Waals surface area contributed by atoms with Crippen molar-refractivity contribution in [2.45, 2.75) is 45.8 Å². The molecule has 1 saturated heterocycles. The van der Waals surface area contributed by atoms with Crippen LogP contribution in [0.5, 0.6) is 0 Å². The van der Waals surface area contributed by atoms with E-state index < -0.39 is 5.60 Å². The quantitative estimate of drug-likeness (QED) is 0.737. The summed E-state index contributed by atoms with van der Waals surface area (Å²) in [5.41, 5.74) is 1.67. The number of ether oxygens (including phenoxy) is 2. The molecular formula is C20H33N5O4. The van der Waals surface area contributed by atoms with Crippen LogP contribution in [0.1, 0.15) is 48.9 Å². The van der Waals surface area contributed by atoms with Gasteiger partial charge in [0.2, 0.25) is 0 Å². The van der Waals surface area contributed by atoms with Crippen molar-refractivity contribution in [3.05, 3.63) is 17.0 Å². The third kappa shape index (κ3) is 5.70. The van der Waals surface area contributed by atoms with Crippen molar-refractivity contribution >= 4 is 12.0 Å². The van der Waals surface area contributed by atoms with Gasteiger partial charge in [-0.1, -0.05) is 0 Å². The standard InChI is InChI=1S/C20H33N5O4/c1-20(2,3)29-19(27)25-9-6-16-15(14-25)17(22-23(16)4)18(26)21-7-5-8-24-10-12-28-13-11-24/h5-14H2,1-4H3,(H,21,26). The monoisotopic (exact) mass is 407 g/mol. The SMILES string of the molecule is Cn1nc(C(=O)NCCCN2CCOCC2)c2c1CCN(C(=O)OC(C)(C)C)C2. The van der Waals surface area contributed by atoms with Crippen LogP contribution in [0.15, 0.2) is 0 Å². The van der Waals surface area contributed by atoms with Gasteiger partial charge in [0, 0.05) is 50.9 Å². The van der Waals surface area contributed by atoms with E-state index in [9.17, 15) is 9.59 Å². The molecule has 9 heteroatoms. The third-order valence-electron chi connectivity index (χ3n) is 5.15. The lowest BCUT2D eigenvalue weighted by Gasteiger charge is -2.30. The zero-order valence-electron chi connectivity index (χ0n) is 18.0. The summed E-state index contributed by atoms with van der Waals surface area (Å²) in [4.78, 5) is 29.2. The second kappa shape index (κ2) is 9.13. The Hall–Kier alpha value is -2.13. The molecule has 1 aromatic rings. The number of nitrogens with zero attached hydrogens (tertiary/aromatic N) is 4. The highest BCUT2D eigenvalue weighted by atomic mass is 16.6. The summed E-state index contributed by atoms with van der Waals surface area (Å²) in [5.74, 6) is -0.185. The number of amides is 2. The van der Waals surface area contributed by atoms with Crippen molar-refractivity contribution in [2.24, 2.45) is 7.05 Å². The number of aromatic nitrogens is 2. The Morgan fingerprint density at radius 3 is 2.62 bits per heavy atom. The fourth-order valence-electron chi connectivity index (χ4n) is 3.67. The Morgan fingerprint density at radius 1 is 1.21 bits per heavy atom. The summed E-state index contributed by atoms with van der Waals surface area (Å²) < 4.78 is 12.6. The molecule has 1 aromatic heterocycles. The molecule has 3 rings (SSSR count). The van der Waals surface area contributed by atoms with Gasteiger partial charge in [-0.05, 0) is 33.7 Å². The van der Waals surface area contributed by atoms with Gasteiger partial charge in [-0.2, -0.15) is 5.10 Å². The van der Waals surface area contributed by atoms with Crippen LogP contribution in [-0.4, -0.2) is 83.1 Å². The Labute approximate surface area is 172 Å². The number of hydrogen-bond donors (Lipinski definition) is 1. The van der Waals surface area contributed by atoms with Gasteiger partial charge < -0.3 is 19.7 Å². The van der Waals surface area contributed by atoms with Gasteiger partial charge in [-0.25, -0.2) is 4.79 Å². The van der Waals surface area contributed by atoms with E-state index in [-0.39, 0.29) is 12.0 Å². The van der Waals surface area contributed by atoms with Gasteiger partial charge in [0.25, 0.3) is 5.91 Å². The number of morpholine rings is 1. The molecule has 1 fully saturated rings. The van der Waals surface area contributed by atoms with E-state index >= 15 is 0 Å². The van der Waals surface area contributed by atoms with E-state index in [1.54, 1.807) is 9.58 Å². The van der Waals surface area contributed by atoms with Gasteiger partial charge in [0.05, 0.1) is 19.8 Å². The first kappa shape index (κ1) is 21.6. The van der Waals surface area contributed by atoms with Gasteiger partial charge >= 0.3 is 6.09 Å². The largest absolute Gasteiger partial charge is 0.444 e. The Bertz CT molecular complexity index is 734. The molecule has 1 N–H and O–H groups in total. The second-order valence-electron chi connectivity index (χ2n) is 8.61. The van der Waals surface area contributed by atoms with Crippen molar-refractivity contribution in [1.29, 1.82) is 0 Å². The molecular weight excluding hydrogens is 374 g/mol. The molecule has 29 heavy (non-hydrogen) atoms. The first-order chi connectivity index (χ1) is 13.7. The highest BCUT2D eigenvalue weighted by Gasteiger charge is 2.31. The average Bonchev–Trinajstić information content (AvgIpc) is 3.01. The summed E-state index contributed by atoms with van der Waals surface area (Å²) >= 11 is 0. The molecule has 0 saturated carbocycles. The highest BCUT2D eigenvalue weighted by molar-refractivity contribution is 5.94. The van der Waals surface area contributed by atoms with Gasteiger partial charge in [-0.15, -0.1) is 0 Å². The Balaban J connectivity index is 1.56. The highest BCUT2D eigenvalue weighted by Crippen LogP contribution is 2.23. The fraction of sp³-hybridized carbons (Fsp3) is 0.750. The molecule has 0 aromatic carbocycles. The number of nitrogens with one attached hydrogen (secondary N) is 1. The topological polar surface area (TPSA) is 88.9 Å². The number of rotatable bonds is 5. The summed E-state index contributed by atoms with van der Waals surface area (Å²) in [5, 5.41) is 7.40. The third-order valence-corrected chi connectivity index (χ3v) is 5.15. The number of hydrogen-bond acceptors (Lipinski definition) is 6.